The smallest absolute Gasteiger partial charge is 0.314 e. The molecule has 0 spiro atoms. The molecule has 3 nitrogen and oxygen atoms in total. The van der Waals surface area contributed by atoms with Crippen LogP contribution in [0.25, 0.3) is 0 Å². The minimum atomic E-state index is -0.901. The van der Waals surface area contributed by atoms with Gasteiger partial charge < -0.3 is 9.84 Å². The van der Waals surface area contributed by atoms with Gasteiger partial charge in [-0.2, -0.15) is 0 Å². The zero-order valence-corrected chi connectivity index (χ0v) is 13.0. The number of para-hydroxylation sites is 1. The molecule has 2 aromatic rings. The van der Waals surface area contributed by atoms with Crippen molar-refractivity contribution < 1.29 is 14.6 Å². The standard InChI is InChI=1S/C15H13BrO3S/c16-11-5-8-20-13(11)9-15(14(17)18)6-7-19-12-4-2-1-3-10(12)15/h1-5,8H,6-7,9H2,(H,17,18). The maximum atomic E-state index is 12.0. The molecule has 1 aliphatic heterocycles. The molecule has 5 heteroatoms. The number of halogens is 1. The van der Waals surface area contributed by atoms with E-state index in [1.54, 1.807) is 11.3 Å². The summed E-state index contributed by atoms with van der Waals surface area (Å²) >= 11 is 5.08. The Morgan fingerprint density at radius 2 is 2.20 bits per heavy atom. The molecule has 0 aliphatic carbocycles. The molecule has 0 bridgehead atoms. The van der Waals surface area contributed by atoms with E-state index in [0.717, 1.165) is 14.9 Å². The number of thiophene rings is 1. The maximum Gasteiger partial charge on any atom is 0.314 e. The molecule has 1 unspecified atom stereocenters. The zero-order chi connectivity index (χ0) is 14.2. The summed E-state index contributed by atoms with van der Waals surface area (Å²) in [7, 11) is 0. The Labute approximate surface area is 129 Å². The molecule has 0 fully saturated rings. The van der Waals surface area contributed by atoms with Crippen molar-refractivity contribution in [3.63, 3.8) is 0 Å². The number of hydrogen-bond donors (Lipinski definition) is 1. The lowest BCUT2D eigenvalue weighted by Gasteiger charge is -2.35. The third-order valence-corrected chi connectivity index (χ3v) is 5.68. The van der Waals surface area contributed by atoms with Gasteiger partial charge in [0.1, 0.15) is 11.2 Å². The van der Waals surface area contributed by atoms with Crippen molar-refractivity contribution in [1.82, 2.24) is 0 Å². The van der Waals surface area contributed by atoms with Crippen LogP contribution >= 0.6 is 27.3 Å². The van der Waals surface area contributed by atoms with E-state index in [0.29, 0.717) is 25.2 Å². The fraction of sp³-hybridized carbons (Fsp3) is 0.267. The van der Waals surface area contributed by atoms with E-state index in [9.17, 15) is 9.90 Å². The van der Waals surface area contributed by atoms with Crippen LogP contribution in [0.1, 0.15) is 16.9 Å². The van der Waals surface area contributed by atoms with Crippen LogP contribution in [0.15, 0.2) is 40.2 Å². The molecular formula is C15H13BrO3S. The molecule has 104 valence electrons. The summed E-state index contributed by atoms with van der Waals surface area (Å²) in [6, 6.07) is 9.41. The number of fused-ring (bicyclic) bond motifs is 1. The molecule has 1 aliphatic rings. The first-order valence-corrected chi connectivity index (χ1v) is 7.98. The second-order valence-corrected chi connectivity index (χ2v) is 6.71. The highest BCUT2D eigenvalue weighted by Gasteiger charge is 2.45. The summed E-state index contributed by atoms with van der Waals surface area (Å²) in [5.74, 6) is -0.0950. The molecule has 20 heavy (non-hydrogen) atoms. The minimum Gasteiger partial charge on any atom is -0.493 e. The molecule has 3 rings (SSSR count). The minimum absolute atomic E-state index is 0.437. The quantitative estimate of drug-likeness (QED) is 0.912. The first-order chi connectivity index (χ1) is 9.63. The van der Waals surface area contributed by atoms with E-state index in [2.05, 4.69) is 15.9 Å². The summed E-state index contributed by atoms with van der Waals surface area (Å²) in [5.41, 5.74) is -0.124. The number of aliphatic carboxylic acids is 1. The van der Waals surface area contributed by atoms with Gasteiger partial charge >= 0.3 is 5.97 Å². The summed E-state index contributed by atoms with van der Waals surface area (Å²) in [4.78, 5) is 13.1. The van der Waals surface area contributed by atoms with E-state index >= 15 is 0 Å². The number of ether oxygens (including phenoxy) is 1. The summed E-state index contributed by atoms with van der Waals surface area (Å²) in [5, 5.41) is 11.8. The molecule has 0 saturated heterocycles. The zero-order valence-electron chi connectivity index (χ0n) is 10.6. The average Bonchev–Trinajstić information content (AvgIpc) is 2.84. The molecule has 1 aromatic heterocycles. The molecule has 0 amide bonds. The highest BCUT2D eigenvalue weighted by Crippen LogP contribution is 2.43. The number of carboxylic acids is 1. The molecule has 1 N–H and O–H groups in total. The van der Waals surface area contributed by atoms with Crippen molar-refractivity contribution in [2.45, 2.75) is 18.3 Å². The molecule has 1 atom stereocenters. The Morgan fingerprint density at radius 3 is 2.90 bits per heavy atom. The third-order valence-electron chi connectivity index (χ3n) is 3.75. The first kappa shape index (κ1) is 13.6. The monoisotopic (exact) mass is 352 g/mol. The van der Waals surface area contributed by atoms with Crippen molar-refractivity contribution in [1.29, 1.82) is 0 Å². The number of rotatable bonds is 3. The van der Waals surface area contributed by atoms with Gasteiger partial charge in [-0.15, -0.1) is 11.3 Å². The van der Waals surface area contributed by atoms with E-state index in [1.165, 1.54) is 0 Å². The van der Waals surface area contributed by atoms with Crippen molar-refractivity contribution >= 4 is 33.2 Å². The normalized spacial score (nSPS) is 21.1. The Bertz CT molecular complexity index is 652. The van der Waals surface area contributed by atoms with Crippen LogP contribution in [0.3, 0.4) is 0 Å². The summed E-state index contributed by atoms with van der Waals surface area (Å²) in [6.45, 7) is 0.437. The SMILES string of the molecule is O=C(O)C1(Cc2sccc2Br)CCOc2ccccc21. The second-order valence-electron chi connectivity index (χ2n) is 4.85. The lowest BCUT2D eigenvalue weighted by molar-refractivity contribution is -0.145. The van der Waals surface area contributed by atoms with Gasteiger partial charge in [-0.05, 0) is 33.4 Å². The van der Waals surface area contributed by atoms with Gasteiger partial charge in [0.2, 0.25) is 0 Å². The van der Waals surface area contributed by atoms with Gasteiger partial charge in [0.25, 0.3) is 0 Å². The number of benzene rings is 1. The van der Waals surface area contributed by atoms with E-state index in [-0.39, 0.29) is 0 Å². The molecule has 0 radical (unpaired) electrons. The van der Waals surface area contributed by atoms with E-state index in [1.807, 2.05) is 35.7 Å². The Kier molecular flexibility index (Phi) is 3.56. The van der Waals surface area contributed by atoms with Crippen molar-refractivity contribution in [2.75, 3.05) is 6.61 Å². The van der Waals surface area contributed by atoms with Crippen LogP contribution < -0.4 is 4.74 Å². The van der Waals surface area contributed by atoms with Gasteiger partial charge in [-0.1, -0.05) is 18.2 Å². The molecule has 0 saturated carbocycles. The fourth-order valence-corrected chi connectivity index (χ4v) is 4.27. The van der Waals surface area contributed by atoms with Gasteiger partial charge in [-0.3, -0.25) is 4.79 Å². The molecule has 1 aromatic carbocycles. The highest BCUT2D eigenvalue weighted by molar-refractivity contribution is 9.10. The van der Waals surface area contributed by atoms with Crippen LogP contribution in [0.5, 0.6) is 5.75 Å². The van der Waals surface area contributed by atoms with Crippen LogP contribution in [-0.2, 0) is 16.6 Å². The van der Waals surface area contributed by atoms with E-state index in [4.69, 9.17) is 4.74 Å². The summed E-state index contributed by atoms with van der Waals surface area (Å²) in [6.07, 6.45) is 0.977. The topological polar surface area (TPSA) is 46.5 Å². The lowest BCUT2D eigenvalue weighted by atomic mass is 9.73. The van der Waals surface area contributed by atoms with Crippen LogP contribution in [0.4, 0.5) is 0 Å². The number of hydrogen-bond acceptors (Lipinski definition) is 3. The van der Waals surface area contributed by atoms with Gasteiger partial charge in [0.15, 0.2) is 0 Å². The average molecular weight is 353 g/mol. The second kappa shape index (κ2) is 5.22. The third kappa shape index (κ3) is 2.15. The fourth-order valence-electron chi connectivity index (χ4n) is 2.66. The van der Waals surface area contributed by atoms with Gasteiger partial charge in [0.05, 0.1) is 6.61 Å². The molecular weight excluding hydrogens is 340 g/mol. The number of carboxylic acid groups (broad SMARTS) is 1. The van der Waals surface area contributed by atoms with Gasteiger partial charge in [-0.25, -0.2) is 0 Å². The Balaban J connectivity index is 2.10. The Hall–Kier alpha value is -1.33. The largest absolute Gasteiger partial charge is 0.493 e. The summed E-state index contributed by atoms with van der Waals surface area (Å²) < 4.78 is 6.59. The van der Waals surface area contributed by atoms with Crippen LogP contribution in [0, 0.1) is 0 Å². The maximum absolute atomic E-state index is 12.0. The number of carbonyl (C=O) groups is 1. The first-order valence-electron chi connectivity index (χ1n) is 6.31. The van der Waals surface area contributed by atoms with Crippen LogP contribution in [0.2, 0.25) is 0 Å². The van der Waals surface area contributed by atoms with Crippen molar-refractivity contribution in [2.24, 2.45) is 0 Å². The van der Waals surface area contributed by atoms with Crippen molar-refractivity contribution in [3.05, 3.63) is 50.6 Å². The predicted molar refractivity (Wildman–Crippen MR) is 81.6 cm³/mol. The van der Waals surface area contributed by atoms with Crippen molar-refractivity contribution in [3.8, 4) is 5.75 Å². The van der Waals surface area contributed by atoms with Crippen LogP contribution in [-0.4, -0.2) is 17.7 Å². The molecule has 2 heterocycles. The highest BCUT2D eigenvalue weighted by atomic mass is 79.9. The van der Waals surface area contributed by atoms with Gasteiger partial charge in [0, 0.05) is 27.8 Å². The predicted octanol–water partition coefficient (Wildman–Crippen LogP) is 3.86. The van der Waals surface area contributed by atoms with E-state index < -0.39 is 11.4 Å². The Morgan fingerprint density at radius 1 is 1.40 bits per heavy atom. The lowest BCUT2D eigenvalue weighted by Crippen LogP contribution is -2.42.